The van der Waals surface area contributed by atoms with Gasteiger partial charge in [0.05, 0.1) is 0 Å². The zero-order chi connectivity index (χ0) is 11.6. The lowest BCUT2D eigenvalue weighted by Crippen LogP contribution is -2.33. The Morgan fingerprint density at radius 3 is 2.20 bits per heavy atom. The Kier molecular flexibility index (Phi) is 9.33. The second kappa shape index (κ2) is 9.29. The van der Waals surface area contributed by atoms with Gasteiger partial charge >= 0.3 is 0 Å². The van der Waals surface area contributed by atoms with Crippen molar-refractivity contribution in [2.75, 3.05) is 6.61 Å². The van der Waals surface area contributed by atoms with Gasteiger partial charge in [-0.05, 0) is 6.04 Å². The molecule has 0 atom stereocenters. The first-order valence-electron chi connectivity index (χ1n) is 5.81. The fourth-order valence-corrected chi connectivity index (χ4v) is 2.55. The van der Waals surface area contributed by atoms with Crippen LogP contribution in [-0.4, -0.2) is 37.7 Å². The minimum atomic E-state index is -2.64. The summed E-state index contributed by atoms with van der Waals surface area (Å²) in [6.45, 7) is 1.82. The Balaban J connectivity index is 2.99. The van der Waals surface area contributed by atoms with Crippen molar-refractivity contribution in [2.45, 2.75) is 57.5 Å². The fourth-order valence-electron chi connectivity index (χ4n) is 1.37. The molecule has 0 aliphatic rings. The first-order chi connectivity index (χ1) is 7.06. The summed E-state index contributed by atoms with van der Waals surface area (Å²) in [5, 5.41) is 25.6. The Labute approximate surface area is 94.2 Å². The first kappa shape index (κ1) is 15.1. The summed E-state index contributed by atoms with van der Waals surface area (Å²) >= 11 is 0. The molecule has 0 aromatic rings. The zero-order valence-corrected chi connectivity index (χ0v) is 11.0. The van der Waals surface area contributed by atoms with Gasteiger partial charge in [-0.1, -0.05) is 45.4 Å². The van der Waals surface area contributed by atoms with Crippen molar-refractivity contribution in [3.63, 3.8) is 0 Å². The Morgan fingerprint density at radius 1 is 1.00 bits per heavy atom. The summed E-state index contributed by atoms with van der Waals surface area (Å²) in [6, 6.07) is 1.04. The molecule has 0 aromatic heterocycles. The van der Waals surface area contributed by atoms with E-state index in [9.17, 15) is 0 Å². The predicted octanol–water partition coefficient (Wildman–Crippen LogP) is 0.496. The van der Waals surface area contributed by atoms with E-state index in [1.165, 1.54) is 32.1 Å². The summed E-state index contributed by atoms with van der Waals surface area (Å²) in [6.07, 6.45) is 7.57. The average Bonchev–Trinajstić information content (AvgIpc) is 2.14. The summed E-state index contributed by atoms with van der Waals surface area (Å²) in [5.74, 6) is -2.64. The van der Waals surface area contributed by atoms with Gasteiger partial charge in [0.15, 0.2) is 9.76 Å². The molecule has 0 radical (unpaired) electrons. The molecule has 15 heavy (non-hydrogen) atoms. The van der Waals surface area contributed by atoms with Crippen LogP contribution in [0.25, 0.3) is 0 Å². The first-order valence-corrected chi connectivity index (χ1v) is 7.39. The van der Waals surface area contributed by atoms with Gasteiger partial charge in [-0.2, -0.15) is 0 Å². The molecule has 0 fully saturated rings. The maximum atomic E-state index is 8.53. The van der Waals surface area contributed by atoms with Crippen LogP contribution in [0.5, 0.6) is 0 Å². The number of unbranched alkanes of at least 4 members (excludes halogenated alkanes) is 5. The van der Waals surface area contributed by atoms with Gasteiger partial charge in [0.25, 0.3) is 5.97 Å². The third kappa shape index (κ3) is 14.1. The van der Waals surface area contributed by atoms with Crippen LogP contribution in [0.3, 0.4) is 0 Å². The van der Waals surface area contributed by atoms with Crippen molar-refractivity contribution in [1.29, 1.82) is 0 Å². The van der Waals surface area contributed by atoms with Gasteiger partial charge in [-0.15, -0.1) is 0 Å². The number of hydrogen-bond donors (Lipinski definition) is 3. The molecular weight excluding hydrogens is 212 g/mol. The van der Waals surface area contributed by atoms with Crippen molar-refractivity contribution in [1.82, 2.24) is 0 Å². The molecule has 0 aliphatic carbocycles. The van der Waals surface area contributed by atoms with Crippen molar-refractivity contribution in [2.24, 2.45) is 0 Å². The highest BCUT2D eigenvalue weighted by Gasteiger charge is 2.17. The predicted molar refractivity (Wildman–Crippen MR) is 62.1 cm³/mol. The monoisotopic (exact) mass is 236 g/mol. The Bertz CT molecular complexity index is 136. The van der Waals surface area contributed by atoms with Crippen LogP contribution in [0.1, 0.15) is 45.4 Å². The topological polar surface area (TPSA) is 69.9 Å². The number of aliphatic hydroxyl groups is 3. The molecule has 0 aliphatic heterocycles. The lowest BCUT2D eigenvalue weighted by atomic mass is 10.1. The van der Waals surface area contributed by atoms with E-state index in [0.29, 0.717) is 0 Å². The summed E-state index contributed by atoms with van der Waals surface area (Å²) in [4.78, 5) is 0. The smallest absolute Gasteiger partial charge is 0.298 e. The van der Waals surface area contributed by atoms with Crippen molar-refractivity contribution in [3.05, 3.63) is 0 Å². The van der Waals surface area contributed by atoms with E-state index in [1.807, 2.05) is 0 Å². The largest absolute Gasteiger partial charge is 0.416 e. The van der Waals surface area contributed by atoms with Gasteiger partial charge in [0.1, 0.15) is 6.61 Å². The van der Waals surface area contributed by atoms with Crippen molar-refractivity contribution in [3.8, 4) is 0 Å². The lowest BCUT2D eigenvalue weighted by Gasteiger charge is -2.13. The number of rotatable bonds is 10. The van der Waals surface area contributed by atoms with Crippen LogP contribution in [-0.2, 0) is 4.43 Å². The van der Waals surface area contributed by atoms with Gasteiger partial charge in [-0.25, -0.2) is 0 Å². The molecule has 92 valence electrons. The van der Waals surface area contributed by atoms with E-state index in [2.05, 4.69) is 6.92 Å². The molecule has 0 bridgehead atoms. The standard InChI is InChI=1S/C10H24O4Si/c1-2-3-4-5-6-7-8-15-14-9-10(11,12)13/h11-13H,2-9,15H2,1H3. The third-order valence-electron chi connectivity index (χ3n) is 2.19. The third-order valence-corrected chi connectivity index (χ3v) is 3.47. The molecule has 0 unspecified atom stereocenters. The second-order valence-corrected chi connectivity index (χ2v) is 5.47. The number of hydrogen-bond acceptors (Lipinski definition) is 4. The van der Waals surface area contributed by atoms with Crippen LogP contribution < -0.4 is 0 Å². The lowest BCUT2D eigenvalue weighted by molar-refractivity contribution is -0.322. The van der Waals surface area contributed by atoms with Gasteiger partial charge in [-0.3, -0.25) is 0 Å². The molecule has 0 spiro atoms. The van der Waals surface area contributed by atoms with E-state index in [4.69, 9.17) is 19.7 Å². The molecule has 0 rings (SSSR count). The summed E-state index contributed by atoms with van der Waals surface area (Å²) in [7, 11) is -0.688. The van der Waals surface area contributed by atoms with Crippen LogP contribution in [0.2, 0.25) is 6.04 Å². The molecule has 3 N–H and O–H groups in total. The maximum absolute atomic E-state index is 8.53. The molecule has 0 saturated heterocycles. The minimum absolute atomic E-state index is 0.380. The minimum Gasteiger partial charge on any atom is -0.416 e. The molecule has 0 aromatic carbocycles. The van der Waals surface area contributed by atoms with E-state index in [1.54, 1.807) is 0 Å². The molecule has 0 amide bonds. The highest BCUT2D eigenvalue weighted by Crippen LogP contribution is 2.07. The molecule has 0 heterocycles. The SMILES string of the molecule is CCCCCCCC[SiH2]OCC(O)(O)O. The second-order valence-electron chi connectivity index (χ2n) is 3.95. The van der Waals surface area contributed by atoms with Gasteiger partial charge < -0.3 is 19.7 Å². The fraction of sp³-hybridized carbons (Fsp3) is 1.00. The molecular formula is C10H24O4Si. The average molecular weight is 236 g/mol. The van der Waals surface area contributed by atoms with E-state index in [-0.39, 0.29) is 6.61 Å². The Hall–Kier alpha value is 0.0569. The maximum Gasteiger partial charge on any atom is 0.298 e. The van der Waals surface area contributed by atoms with Crippen LogP contribution in [0.15, 0.2) is 0 Å². The normalized spacial score (nSPS) is 12.8. The molecule has 5 heteroatoms. The van der Waals surface area contributed by atoms with Crippen LogP contribution in [0.4, 0.5) is 0 Å². The van der Waals surface area contributed by atoms with E-state index < -0.39 is 15.7 Å². The van der Waals surface area contributed by atoms with Gasteiger partial charge in [0.2, 0.25) is 0 Å². The summed E-state index contributed by atoms with van der Waals surface area (Å²) < 4.78 is 5.01. The van der Waals surface area contributed by atoms with Crippen LogP contribution >= 0.6 is 0 Å². The van der Waals surface area contributed by atoms with Gasteiger partial charge in [0, 0.05) is 0 Å². The van der Waals surface area contributed by atoms with Crippen molar-refractivity contribution < 1.29 is 19.7 Å². The Morgan fingerprint density at radius 2 is 1.60 bits per heavy atom. The van der Waals surface area contributed by atoms with E-state index >= 15 is 0 Å². The summed E-state index contributed by atoms with van der Waals surface area (Å²) in [5.41, 5.74) is 0. The molecule has 4 nitrogen and oxygen atoms in total. The zero-order valence-electron chi connectivity index (χ0n) is 9.61. The van der Waals surface area contributed by atoms with Crippen LogP contribution in [0, 0.1) is 0 Å². The molecule has 0 saturated carbocycles. The quantitative estimate of drug-likeness (QED) is 0.293. The highest BCUT2D eigenvalue weighted by atomic mass is 28.2. The van der Waals surface area contributed by atoms with Crippen molar-refractivity contribution >= 4 is 9.76 Å². The van der Waals surface area contributed by atoms with E-state index in [0.717, 1.165) is 12.5 Å². The highest BCUT2D eigenvalue weighted by molar-refractivity contribution is 6.26.